The molecule has 0 unspecified atom stereocenters. The summed E-state index contributed by atoms with van der Waals surface area (Å²) < 4.78 is 1.89. The van der Waals surface area contributed by atoms with E-state index < -0.39 is 0 Å². The van der Waals surface area contributed by atoms with Gasteiger partial charge in [0.25, 0.3) is 0 Å². The fourth-order valence-corrected chi connectivity index (χ4v) is 4.01. The van der Waals surface area contributed by atoms with E-state index in [1.54, 1.807) is 6.20 Å². The Labute approximate surface area is 188 Å². The maximum atomic E-state index is 12.5. The number of nitrogens with zero attached hydrogens (tertiary/aromatic N) is 3. The molecular formula is C25H29N5O2. The van der Waals surface area contributed by atoms with Gasteiger partial charge in [0.05, 0.1) is 12.2 Å². The van der Waals surface area contributed by atoms with E-state index in [1.807, 2.05) is 76.3 Å². The first-order valence-electron chi connectivity index (χ1n) is 11.1. The Kier molecular flexibility index (Phi) is 7.17. The van der Waals surface area contributed by atoms with Gasteiger partial charge in [0, 0.05) is 32.1 Å². The molecule has 0 radical (unpaired) electrons. The molecule has 2 N–H and O–H groups in total. The molecule has 7 nitrogen and oxygen atoms in total. The number of piperidine rings is 1. The predicted molar refractivity (Wildman–Crippen MR) is 124 cm³/mol. The first kappa shape index (κ1) is 21.6. The molecule has 32 heavy (non-hydrogen) atoms. The van der Waals surface area contributed by atoms with Crippen molar-refractivity contribution in [2.45, 2.75) is 38.3 Å². The van der Waals surface area contributed by atoms with Crippen LogP contribution >= 0.6 is 0 Å². The third-order valence-electron chi connectivity index (χ3n) is 5.81. The topological polar surface area (TPSA) is 79.3 Å². The fraction of sp³-hybridized carbons (Fsp3) is 0.320. The van der Waals surface area contributed by atoms with Gasteiger partial charge < -0.3 is 15.5 Å². The second-order valence-electron chi connectivity index (χ2n) is 8.06. The van der Waals surface area contributed by atoms with E-state index in [1.165, 1.54) is 0 Å². The van der Waals surface area contributed by atoms with Crippen molar-refractivity contribution in [3.8, 4) is 0 Å². The highest BCUT2D eigenvalue weighted by Crippen LogP contribution is 2.25. The number of rotatable bonds is 7. The molecule has 3 aromatic rings. The second-order valence-corrected chi connectivity index (χ2v) is 8.06. The van der Waals surface area contributed by atoms with Crippen LogP contribution < -0.4 is 10.6 Å². The number of hydrogen-bond acceptors (Lipinski definition) is 3. The number of anilines is 1. The van der Waals surface area contributed by atoms with E-state index in [2.05, 4.69) is 15.7 Å². The number of aryl methyl sites for hydroxylation is 1. The zero-order valence-corrected chi connectivity index (χ0v) is 18.1. The summed E-state index contributed by atoms with van der Waals surface area (Å²) in [5.41, 5.74) is 2.23. The van der Waals surface area contributed by atoms with Gasteiger partial charge in [-0.25, -0.2) is 9.48 Å². The Morgan fingerprint density at radius 1 is 0.906 bits per heavy atom. The number of amides is 3. The van der Waals surface area contributed by atoms with Crippen LogP contribution in [0, 0.1) is 0 Å². The maximum Gasteiger partial charge on any atom is 0.317 e. The third kappa shape index (κ3) is 5.75. The van der Waals surface area contributed by atoms with Crippen molar-refractivity contribution in [1.82, 2.24) is 20.0 Å². The Morgan fingerprint density at radius 3 is 2.25 bits per heavy atom. The van der Waals surface area contributed by atoms with Crippen molar-refractivity contribution in [3.05, 3.63) is 84.1 Å². The quantitative estimate of drug-likeness (QED) is 0.593. The molecule has 0 atom stereocenters. The van der Waals surface area contributed by atoms with Gasteiger partial charge in [0.15, 0.2) is 0 Å². The van der Waals surface area contributed by atoms with Crippen LogP contribution in [-0.4, -0.2) is 39.7 Å². The summed E-state index contributed by atoms with van der Waals surface area (Å²) >= 11 is 0. The van der Waals surface area contributed by atoms with Gasteiger partial charge in [0.2, 0.25) is 5.91 Å². The Balaban J connectivity index is 1.25. The van der Waals surface area contributed by atoms with Gasteiger partial charge in [-0.05, 0) is 30.4 Å². The van der Waals surface area contributed by atoms with Gasteiger partial charge in [-0.1, -0.05) is 60.7 Å². The molecule has 1 aliphatic heterocycles. The predicted octanol–water partition coefficient (Wildman–Crippen LogP) is 4.00. The monoisotopic (exact) mass is 431 g/mol. The number of benzene rings is 2. The van der Waals surface area contributed by atoms with E-state index in [-0.39, 0.29) is 18.0 Å². The molecule has 0 aliphatic carbocycles. The average molecular weight is 432 g/mol. The molecule has 1 fully saturated rings. The summed E-state index contributed by atoms with van der Waals surface area (Å²) in [5.74, 6) is 0.698. The van der Waals surface area contributed by atoms with Crippen molar-refractivity contribution in [1.29, 1.82) is 0 Å². The van der Waals surface area contributed by atoms with Crippen LogP contribution in [0.2, 0.25) is 0 Å². The third-order valence-corrected chi connectivity index (χ3v) is 5.81. The SMILES string of the molecule is O=C(CCc1ccccc1)Nc1ccnn1C1CCN(C(=O)NCc2ccccc2)CC1. The largest absolute Gasteiger partial charge is 0.334 e. The van der Waals surface area contributed by atoms with Crippen LogP contribution in [0.5, 0.6) is 0 Å². The summed E-state index contributed by atoms with van der Waals surface area (Å²) in [4.78, 5) is 26.8. The number of carbonyl (C=O) groups is 2. The molecule has 1 aliphatic rings. The van der Waals surface area contributed by atoms with Gasteiger partial charge >= 0.3 is 6.03 Å². The fourth-order valence-electron chi connectivity index (χ4n) is 4.01. The first-order valence-corrected chi connectivity index (χ1v) is 11.1. The maximum absolute atomic E-state index is 12.5. The number of aromatic nitrogens is 2. The van der Waals surface area contributed by atoms with E-state index in [0.29, 0.717) is 32.5 Å². The van der Waals surface area contributed by atoms with Crippen LogP contribution in [0.1, 0.15) is 36.4 Å². The highest BCUT2D eigenvalue weighted by Gasteiger charge is 2.25. The van der Waals surface area contributed by atoms with Crippen molar-refractivity contribution in [3.63, 3.8) is 0 Å². The molecule has 7 heteroatoms. The van der Waals surface area contributed by atoms with Crippen molar-refractivity contribution >= 4 is 17.8 Å². The molecule has 0 bridgehead atoms. The summed E-state index contributed by atoms with van der Waals surface area (Å²) in [6.07, 6.45) is 4.44. The summed E-state index contributed by atoms with van der Waals surface area (Å²) in [6, 6.07) is 21.8. The number of nitrogens with one attached hydrogen (secondary N) is 2. The molecule has 2 aromatic carbocycles. The molecule has 0 spiro atoms. The molecule has 2 heterocycles. The minimum Gasteiger partial charge on any atom is -0.334 e. The van der Waals surface area contributed by atoms with Gasteiger partial charge in [-0.3, -0.25) is 4.79 Å². The second kappa shape index (κ2) is 10.6. The molecular weight excluding hydrogens is 402 g/mol. The first-order chi connectivity index (χ1) is 15.7. The lowest BCUT2D eigenvalue weighted by atomic mass is 10.1. The lowest BCUT2D eigenvalue weighted by molar-refractivity contribution is -0.116. The molecule has 1 saturated heterocycles. The highest BCUT2D eigenvalue weighted by atomic mass is 16.2. The molecule has 3 amide bonds. The van der Waals surface area contributed by atoms with Gasteiger partial charge in [0.1, 0.15) is 5.82 Å². The number of urea groups is 1. The molecule has 0 saturated carbocycles. The van der Waals surface area contributed by atoms with Crippen molar-refractivity contribution in [2.24, 2.45) is 0 Å². The van der Waals surface area contributed by atoms with Crippen LogP contribution in [0.25, 0.3) is 0 Å². The highest BCUT2D eigenvalue weighted by molar-refractivity contribution is 5.90. The average Bonchev–Trinajstić information content (AvgIpc) is 3.30. The minimum atomic E-state index is -0.0396. The zero-order chi connectivity index (χ0) is 22.2. The summed E-state index contributed by atoms with van der Waals surface area (Å²) in [7, 11) is 0. The molecule has 4 rings (SSSR count). The lowest BCUT2D eigenvalue weighted by Gasteiger charge is -2.32. The zero-order valence-electron chi connectivity index (χ0n) is 18.1. The van der Waals surface area contributed by atoms with E-state index >= 15 is 0 Å². The minimum absolute atomic E-state index is 0.0201. The number of carbonyl (C=O) groups excluding carboxylic acids is 2. The van der Waals surface area contributed by atoms with E-state index in [0.717, 1.165) is 29.8 Å². The number of hydrogen-bond donors (Lipinski definition) is 2. The molecule has 1 aromatic heterocycles. The van der Waals surface area contributed by atoms with E-state index in [9.17, 15) is 9.59 Å². The summed E-state index contributed by atoms with van der Waals surface area (Å²) in [6.45, 7) is 1.84. The Bertz CT molecular complexity index is 1010. The Hall–Kier alpha value is -3.61. The molecule has 166 valence electrons. The van der Waals surface area contributed by atoms with Crippen LogP contribution in [-0.2, 0) is 17.8 Å². The van der Waals surface area contributed by atoms with Crippen LogP contribution in [0.3, 0.4) is 0 Å². The van der Waals surface area contributed by atoms with Gasteiger partial charge in [-0.2, -0.15) is 5.10 Å². The number of likely N-dealkylation sites (tertiary alicyclic amines) is 1. The van der Waals surface area contributed by atoms with Gasteiger partial charge in [-0.15, -0.1) is 0 Å². The van der Waals surface area contributed by atoms with Crippen LogP contribution in [0.15, 0.2) is 72.9 Å². The van der Waals surface area contributed by atoms with Crippen molar-refractivity contribution in [2.75, 3.05) is 18.4 Å². The normalized spacial score (nSPS) is 14.2. The smallest absolute Gasteiger partial charge is 0.317 e. The standard InChI is InChI=1S/C25H29N5O2/c31-24(12-11-20-7-3-1-4-8-20)28-23-13-16-27-30(23)22-14-17-29(18-15-22)25(32)26-19-21-9-5-2-6-10-21/h1-10,13,16,22H,11-12,14-15,17-19H2,(H,26,32)(H,28,31). The lowest BCUT2D eigenvalue weighted by Crippen LogP contribution is -2.44. The van der Waals surface area contributed by atoms with Crippen molar-refractivity contribution < 1.29 is 9.59 Å². The van der Waals surface area contributed by atoms with E-state index in [4.69, 9.17) is 0 Å². The Morgan fingerprint density at radius 2 is 1.56 bits per heavy atom. The van der Waals surface area contributed by atoms with Crippen LogP contribution in [0.4, 0.5) is 10.6 Å². The summed E-state index contributed by atoms with van der Waals surface area (Å²) in [5, 5.41) is 10.4.